The van der Waals surface area contributed by atoms with Crippen LogP contribution < -0.4 is 5.69 Å². The smallest absolute Gasteiger partial charge is 0.304 e. The first-order valence-corrected chi connectivity index (χ1v) is 5.15. The molecule has 4 heteroatoms. The van der Waals surface area contributed by atoms with Gasteiger partial charge in [-0.2, -0.15) is 0 Å². The predicted molar refractivity (Wildman–Crippen MR) is 55.6 cm³/mol. The van der Waals surface area contributed by atoms with Crippen LogP contribution in [0, 0.1) is 13.8 Å². The number of aromatic amines is 1. The summed E-state index contributed by atoms with van der Waals surface area (Å²) in [6.07, 6.45) is 0. The molecule has 0 amide bonds. The van der Waals surface area contributed by atoms with E-state index >= 15 is 0 Å². The van der Waals surface area contributed by atoms with Gasteiger partial charge in [-0.1, -0.05) is 0 Å². The molecule has 0 atom stereocenters. The Bertz CT molecular complexity index is 503. The largest absolute Gasteiger partial charge is 0.327 e. The summed E-state index contributed by atoms with van der Waals surface area (Å²) in [6, 6.07) is 0. The standard InChI is InChI=1S/C9H12N2OS/c1-4-11-8-7(10-9(11)12)5(2)6(3)13-8/h4H2,1-3H3,(H,10,12). The van der Waals surface area contributed by atoms with Crippen LogP contribution in [0.2, 0.25) is 0 Å². The number of nitrogens with zero attached hydrogens (tertiary/aromatic N) is 1. The summed E-state index contributed by atoms with van der Waals surface area (Å²) in [5, 5.41) is 0. The molecule has 0 fully saturated rings. The molecular weight excluding hydrogens is 184 g/mol. The fourth-order valence-electron chi connectivity index (χ4n) is 1.50. The van der Waals surface area contributed by atoms with E-state index in [1.165, 1.54) is 10.4 Å². The van der Waals surface area contributed by atoms with Crippen molar-refractivity contribution >= 4 is 21.7 Å². The van der Waals surface area contributed by atoms with Crippen LogP contribution in [0.1, 0.15) is 17.4 Å². The zero-order valence-corrected chi connectivity index (χ0v) is 8.79. The monoisotopic (exact) mass is 196 g/mol. The highest BCUT2D eigenvalue weighted by atomic mass is 32.1. The molecule has 0 unspecified atom stereocenters. The number of imidazole rings is 1. The third kappa shape index (κ3) is 1.05. The van der Waals surface area contributed by atoms with Crippen LogP contribution in [0.15, 0.2) is 4.79 Å². The van der Waals surface area contributed by atoms with E-state index in [2.05, 4.69) is 11.9 Å². The second-order valence-electron chi connectivity index (χ2n) is 3.14. The molecular formula is C9H12N2OS. The van der Waals surface area contributed by atoms with Crippen molar-refractivity contribution < 1.29 is 0 Å². The van der Waals surface area contributed by atoms with E-state index in [1.807, 2.05) is 13.8 Å². The molecule has 0 saturated heterocycles. The molecule has 0 spiro atoms. The quantitative estimate of drug-likeness (QED) is 0.744. The first-order chi connectivity index (χ1) is 6.15. The van der Waals surface area contributed by atoms with Gasteiger partial charge in [0.25, 0.3) is 0 Å². The summed E-state index contributed by atoms with van der Waals surface area (Å²) in [5.74, 6) is 0. The van der Waals surface area contributed by atoms with Gasteiger partial charge in [0.05, 0.1) is 5.52 Å². The lowest BCUT2D eigenvalue weighted by Crippen LogP contribution is -2.14. The summed E-state index contributed by atoms with van der Waals surface area (Å²) in [6.45, 7) is 6.85. The van der Waals surface area contributed by atoms with Crippen molar-refractivity contribution in [2.75, 3.05) is 0 Å². The highest BCUT2D eigenvalue weighted by Gasteiger charge is 2.11. The van der Waals surface area contributed by atoms with E-state index in [0.717, 1.165) is 16.9 Å². The van der Waals surface area contributed by atoms with Crippen molar-refractivity contribution in [1.82, 2.24) is 9.55 Å². The van der Waals surface area contributed by atoms with Crippen molar-refractivity contribution in [2.24, 2.45) is 0 Å². The van der Waals surface area contributed by atoms with E-state index in [4.69, 9.17) is 0 Å². The number of H-pyrrole nitrogens is 1. The van der Waals surface area contributed by atoms with Gasteiger partial charge < -0.3 is 4.98 Å². The number of aromatic nitrogens is 2. The number of hydrogen-bond donors (Lipinski definition) is 1. The van der Waals surface area contributed by atoms with E-state index < -0.39 is 0 Å². The zero-order chi connectivity index (χ0) is 9.59. The predicted octanol–water partition coefficient (Wildman–Crippen LogP) is 2.03. The molecule has 0 aliphatic rings. The van der Waals surface area contributed by atoms with Crippen molar-refractivity contribution in [3.05, 3.63) is 20.9 Å². The topological polar surface area (TPSA) is 37.8 Å². The van der Waals surface area contributed by atoms with Crippen molar-refractivity contribution in [1.29, 1.82) is 0 Å². The van der Waals surface area contributed by atoms with Crippen molar-refractivity contribution in [3.8, 4) is 0 Å². The highest BCUT2D eigenvalue weighted by molar-refractivity contribution is 7.18. The van der Waals surface area contributed by atoms with Crippen molar-refractivity contribution in [2.45, 2.75) is 27.3 Å². The van der Waals surface area contributed by atoms with Gasteiger partial charge in [-0.25, -0.2) is 4.79 Å². The molecule has 3 nitrogen and oxygen atoms in total. The Hall–Kier alpha value is -1.03. The van der Waals surface area contributed by atoms with Crippen molar-refractivity contribution in [3.63, 3.8) is 0 Å². The first kappa shape index (κ1) is 8.56. The normalized spacial score (nSPS) is 11.3. The third-order valence-corrected chi connectivity index (χ3v) is 3.64. The number of nitrogens with one attached hydrogen (secondary N) is 1. The second kappa shape index (κ2) is 2.73. The minimum atomic E-state index is 0.00634. The van der Waals surface area contributed by atoms with Crippen LogP contribution in [0.5, 0.6) is 0 Å². The number of rotatable bonds is 1. The molecule has 0 aliphatic heterocycles. The average molecular weight is 196 g/mol. The number of aryl methyl sites for hydroxylation is 3. The van der Waals surface area contributed by atoms with Gasteiger partial charge >= 0.3 is 5.69 Å². The fourth-order valence-corrected chi connectivity index (χ4v) is 2.67. The average Bonchev–Trinajstić information content (AvgIpc) is 2.52. The van der Waals surface area contributed by atoms with E-state index in [9.17, 15) is 4.79 Å². The molecule has 1 N–H and O–H groups in total. The van der Waals surface area contributed by atoms with Gasteiger partial charge in [0.2, 0.25) is 0 Å². The Labute approximate surface area is 80.0 Å². The summed E-state index contributed by atoms with van der Waals surface area (Å²) < 4.78 is 1.78. The lowest BCUT2D eigenvalue weighted by molar-refractivity contribution is 0.757. The van der Waals surface area contributed by atoms with Crippen LogP contribution in [0.4, 0.5) is 0 Å². The molecule has 2 aromatic heterocycles. The van der Waals surface area contributed by atoms with Crippen LogP contribution >= 0.6 is 11.3 Å². The maximum Gasteiger partial charge on any atom is 0.327 e. The number of fused-ring (bicyclic) bond motifs is 1. The molecule has 0 bridgehead atoms. The maximum absolute atomic E-state index is 11.4. The summed E-state index contributed by atoms with van der Waals surface area (Å²) in [5.41, 5.74) is 2.21. The molecule has 0 radical (unpaired) electrons. The summed E-state index contributed by atoms with van der Waals surface area (Å²) in [4.78, 5) is 16.6. The third-order valence-electron chi connectivity index (χ3n) is 2.41. The SMILES string of the molecule is CCn1c(=O)[nH]c2c(C)c(C)sc21. The molecule has 13 heavy (non-hydrogen) atoms. The van der Waals surface area contributed by atoms with Crippen LogP contribution in [-0.4, -0.2) is 9.55 Å². The van der Waals surface area contributed by atoms with E-state index in [-0.39, 0.29) is 5.69 Å². The highest BCUT2D eigenvalue weighted by Crippen LogP contribution is 2.27. The number of thiophene rings is 1. The Balaban J connectivity index is 2.92. The minimum Gasteiger partial charge on any atom is -0.304 e. The van der Waals surface area contributed by atoms with Gasteiger partial charge in [-0.3, -0.25) is 4.57 Å². The molecule has 2 heterocycles. The van der Waals surface area contributed by atoms with Crippen LogP contribution in [-0.2, 0) is 6.54 Å². The summed E-state index contributed by atoms with van der Waals surface area (Å²) >= 11 is 1.68. The number of hydrogen-bond acceptors (Lipinski definition) is 2. The van der Waals surface area contributed by atoms with Gasteiger partial charge in [-0.05, 0) is 26.3 Å². The lowest BCUT2D eigenvalue weighted by atomic mass is 10.3. The maximum atomic E-state index is 11.4. The molecule has 70 valence electrons. The minimum absolute atomic E-state index is 0.00634. The van der Waals surface area contributed by atoms with Crippen LogP contribution in [0.3, 0.4) is 0 Å². The van der Waals surface area contributed by atoms with E-state index in [1.54, 1.807) is 15.9 Å². The van der Waals surface area contributed by atoms with Gasteiger partial charge in [0.15, 0.2) is 0 Å². The molecule has 0 aliphatic carbocycles. The van der Waals surface area contributed by atoms with E-state index in [0.29, 0.717) is 0 Å². The fraction of sp³-hybridized carbons (Fsp3) is 0.444. The Morgan fingerprint density at radius 2 is 2.15 bits per heavy atom. The zero-order valence-electron chi connectivity index (χ0n) is 7.97. The summed E-state index contributed by atoms with van der Waals surface area (Å²) in [7, 11) is 0. The Morgan fingerprint density at radius 1 is 1.46 bits per heavy atom. The lowest BCUT2D eigenvalue weighted by Gasteiger charge is -1.91. The molecule has 0 aromatic carbocycles. The second-order valence-corrected chi connectivity index (χ2v) is 4.34. The molecule has 2 aromatic rings. The Morgan fingerprint density at radius 3 is 2.77 bits per heavy atom. The van der Waals surface area contributed by atoms with Gasteiger partial charge in [-0.15, -0.1) is 11.3 Å². The Kier molecular flexibility index (Phi) is 1.80. The first-order valence-electron chi connectivity index (χ1n) is 4.33. The van der Waals surface area contributed by atoms with Gasteiger partial charge in [0, 0.05) is 11.4 Å². The molecule has 0 saturated carbocycles. The van der Waals surface area contributed by atoms with Gasteiger partial charge in [0.1, 0.15) is 4.83 Å². The molecule has 2 rings (SSSR count). The van der Waals surface area contributed by atoms with Crippen LogP contribution in [0.25, 0.3) is 10.3 Å².